The lowest BCUT2D eigenvalue weighted by Crippen LogP contribution is -2.16. The highest BCUT2D eigenvalue weighted by Crippen LogP contribution is 2.25. The normalized spacial score (nSPS) is 11.5. The molecule has 17 heavy (non-hydrogen) atoms. The lowest BCUT2D eigenvalue weighted by molar-refractivity contribution is -0.274. The second-order valence-corrected chi connectivity index (χ2v) is 3.98. The zero-order valence-corrected chi connectivity index (χ0v) is 9.06. The molecule has 0 aliphatic rings. The Morgan fingerprint density at radius 1 is 1.18 bits per heavy atom. The molecule has 0 aliphatic heterocycles. The van der Waals surface area contributed by atoms with Gasteiger partial charge >= 0.3 is 11.2 Å². The molecule has 1 aromatic heterocycles. The van der Waals surface area contributed by atoms with Crippen LogP contribution in [0.5, 0.6) is 5.75 Å². The Labute approximate surface area is 97.5 Å². The van der Waals surface area contributed by atoms with Crippen molar-refractivity contribution in [1.82, 2.24) is 4.98 Å². The van der Waals surface area contributed by atoms with Crippen molar-refractivity contribution in [2.75, 3.05) is 0 Å². The molecule has 0 atom stereocenters. The van der Waals surface area contributed by atoms with Gasteiger partial charge in [-0.2, -0.15) is 0 Å². The summed E-state index contributed by atoms with van der Waals surface area (Å²) in [6.45, 7) is 0. The van der Waals surface area contributed by atoms with Crippen molar-refractivity contribution in [2.24, 2.45) is 0 Å². The maximum absolute atomic E-state index is 11.9. The highest BCUT2D eigenvalue weighted by Gasteiger charge is 2.30. The van der Waals surface area contributed by atoms with Gasteiger partial charge in [-0.05, 0) is 29.8 Å². The fourth-order valence-corrected chi connectivity index (χ4v) is 1.85. The van der Waals surface area contributed by atoms with E-state index in [0.717, 1.165) is 11.3 Å². The van der Waals surface area contributed by atoms with Gasteiger partial charge in [-0.25, -0.2) is 0 Å². The smallest absolute Gasteiger partial charge is 0.406 e. The average molecular weight is 261 g/mol. The molecule has 1 heterocycles. The topological polar surface area (TPSA) is 42.1 Å². The first kappa shape index (κ1) is 11.7. The molecular weight excluding hydrogens is 255 g/mol. The number of halogens is 3. The minimum Gasteiger partial charge on any atom is -0.406 e. The number of H-pyrrole nitrogens is 1. The monoisotopic (exact) mass is 261 g/mol. The van der Waals surface area contributed by atoms with Gasteiger partial charge in [0.2, 0.25) is 0 Å². The Morgan fingerprint density at radius 3 is 2.29 bits per heavy atom. The average Bonchev–Trinajstić information content (AvgIpc) is 2.63. The van der Waals surface area contributed by atoms with Crippen molar-refractivity contribution in [3.05, 3.63) is 39.3 Å². The van der Waals surface area contributed by atoms with Crippen molar-refractivity contribution in [3.8, 4) is 17.0 Å². The third-order valence-electron chi connectivity index (χ3n) is 1.92. The summed E-state index contributed by atoms with van der Waals surface area (Å²) >= 11 is 0.991. The summed E-state index contributed by atoms with van der Waals surface area (Å²) in [5.74, 6) is -0.293. The quantitative estimate of drug-likeness (QED) is 0.902. The summed E-state index contributed by atoms with van der Waals surface area (Å²) in [4.78, 5) is 13.3. The minimum atomic E-state index is -4.70. The first-order valence-electron chi connectivity index (χ1n) is 4.48. The molecule has 1 aromatic carbocycles. The molecule has 2 rings (SSSR count). The highest BCUT2D eigenvalue weighted by atomic mass is 32.1. The van der Waals surface area contributed by atoms with E-state index in [1.165, 1.54) is 24.3 Å². The van der Waals surface area contributed by atoms with Crippen molar-refractivity contribution in [3.63, 3.8) is 0 Å². The number of nitrogens with one attached hydrogen (secondary N) is 1. The molecule has 0 spiro atoms. The molecule has 0 amide bonds. The van der Waals surface area contributed by atoms with E-state index in [4.69, 9.17) is 0 Å². The fraction of sp³-hybridized carbons (Fsp3) is 0.100. The molecule has 0 saturated carbocycles. The van der Waals surface area contributed by atoms with E-state index < -0.39 is 6.36 Å². The highest BCUT2D eigenvalue weighted by molar-refractivity contribution is 7.07. The predicted molar refractivity (Wildman–Crippen MR) is 57.1 cm³/mol. The zero-order chi connectivity index (χ0) is 12.5. The van der Waals surface area contributed by atoms with E-state index in [9.17, 15) is 18.0 Å². The molecule has 7 heteroatoms. The summed E-state index contributed by atoms with van der Waals surface area (Å²) in [5, 5.41) is 1.60. The summed E-state index contributed by atoms with van der Waals surface area (Å²) < 4.78 is 39.4. The summed E-state index contributed by atoms with van der Waals surface area (Å²) in [6, 6.07) is 5.27. The van der Waals surface area contributed by atoms with E-state index in [0.29, 0.717) is 11.3 Å². The molecule has 3 nitrogen and oxygen atoms in total. The van der Waals surface area contributed by atoms with Crippen LogP contribution >= 0.6 is 11.3 Å². The van der Waals surface area contributed by atoms with Gasteiger partial charge in [0.15, 0.2) is 0 Å². The molecule has 0 unspecified atom stereocenters. The van der Waals surface area contributed by atoms with Gasteiger partial charge in [0.1, 0.15) is 5.75 Å². The van der Waals surface area contributed by atoms with E-state index in [2.05, 4.69) is 9.72 Å². The number of rotatable bonds is 2. The first-order chi connectivity index (χ1) is 7.94. The van der Waals surface area contributed by atoms with Crippen LogP contribution in [0.25, 0.3) is 11.3 Å². The van der Waals surface area contributed by atoms with Gasteiger partial charge in [-0.1, -0.05) is 11.3 Å². The molecule has 0 radical (unpaired) electrons. The number of aromatic amines is 1. The number of hydrogen-bond acceptors (Lipinski definition) is 3. The Balaban J connectivity index is 2.21. The van der Waals surface area contributed by atoms with Crippen LogP contribution in [0.1, 0.15) is 0 Å². The standard InChI is InChI=1S/C10H6F3NO2S/c11-10(12,13)16-7-3-1-6(2-4-7)8-5-17-9(15)14-8/h1-5H,(H,14,15). The van der Waals surface area contributed by atoms with Crippen LogP contribution in [0.4, 0.5) is 13.2 Å². The second kappa shape index (κ2) is 4.25. The molecule has 0 aliphatic carbocycles. The number of ether oxygens (including phenoxy) is 1. The lowest BCUT2D eigenvalue weighted by Gasteiger charge is -2.08. The van der Waals surface area contributed by atoms with Crippen LogP contribution in [0, 0.1) is 0 Å². The summed E-state index contributed by atoms with van der Waals surface area (Å²) in [6.07, 6.45) is -4.70. The van der Waals surface area contributed by atoms with Crippen LogP contribution < -0.4 is 9.61 Å². The first-order valence-corrected chi connectivity index (χ1v) is 5.36. The van der Waals surface area contributed by atoms with Gasteiger partial charge in [0.05, 0.1) is 5.69 Å². The van der Waals surface area contributed by atoms with Crippen LogP contribution in [0.3, 0.4) is 0 Å². The van der Waals surface area contributed by atoms with E-state index in [1.54, 1.807) is 5.38 Å². The van der Waals surface area contributed by atoms with E-state index in [-0.39, 0.29) is 10.6 Å². The van der Waals surface area contributed by atoms with Gasteiger partial charge in [-0.15, -0.1) is 13.2 Å². The van der Waals surface area contributed by atoms with E-state index >= 15 is 0 Å². The Morgan fingerprint density at radius 2 is 1.82 bits per heavy atom. The molecule has 0 fully saturated rings. The van der Waals surface area contributed by atoms with Gasteiger partial charge in [0.25, 0.3) is 0 Å². The number of aromatic nitrogens is 1. The Kier molecular flexibility index (Phi) is 2.93. The van der Waals surface area contributed by atoms with Gasteiger partial charge in [-0.3, -0.25) is 4.79 Å². The Bertz CT molecular complexity index is 556. The number of benzene rings is 1. The number of alkyl halides is 3. The largest absolute Gasteiger partial charge is 0.573 e. The second-order valence-electron chi connectivity index (χ2n) is 3.13. The van der Waals surface area contributed by atoms with Crippen molar-refractivity contribution in [2.45, 2.75) is 6.36 Å². The minimum absolute atomic E-state index is 0.212. The molecule has 1 N–H and O–H groups in total. The van der Waals surface area contributed by atoms with Crippen LogP contribution in [-0.2, 0) is 0 Å². The summed E-state index contributed by atoms with van der Waals surface area (Å²) in [5.41, 5.74) is 1.19. The van der Waals surface area contributed by atoms with Crippen LogP contribution in [0.15, 0.2) is 34.4 Å². The fourth-order valence-electron chi connectivity index (χ4n) is 1.26. The lowest BCUT2D eigenvalue weighted by atomic mass is 10.2. The van der Waals surface area contributed by atoms with Crippen molar-refractivity contribution >= 4 is 11.3 Å². The maximum Gasteiger partial charge on any atom is 0.573 e. The Hall–Kier alpha value is -1.76. The number of hydrogen-bond donors (Lipinski definition) is 1. The van der Waals surface area contributed by atoms with Crippen molar-refractivity contribution in [1.29, 1.82) is 0 Å². The third kappa shape index (κ3) is 3.10. The maximum atomic E-state index is 11.9. The predicted octanol–water partition coefficient (Wildman–Crippen LogP) is 3.00. The molecular formula is C10H6F3NO2S. The molecule has 0 bridgehead atoms. The number of thiazole rings is 1. The SMILES string of the molecule is O=c1[nH]c(-c2ccc(OC(F)(F)F)cc2)cs1. The van der Waals surface area contributed by atoms with E-state index in [1.807, 2.05) is 0 Å². The van der Waals surface area contributed by atoms with Gasteiger partial charge in [0, 0.05) is 5.38 Å². The molecule has 0 saturated heterocycles. The molecule has 2 aromatic rings. The third-order valence-corrected chi connectivity index (χ3v) is 2.59. The molecule has 90 valence electrons. The van der Waals surface area contributed by atoms with Crippen LogP contribution in [-0.4, -0.2) is 11.3 Å². The summed E-state index contributed by atoms with van der Waals surface area (Å²) in [7, 11) is 0. The van der Waals surface area contributed by atoms with Gasteiger partial charge < -0.3 is 9.72 Å². The zero-order valence-electron chi connectivity index (χ0n) is 8.25. The van der Waals surface area contributed by atoms with Crippen molar-refractivity contribution < 1.29 is 17.9 Å². The van der Waals surface area contributed by atoms with Crippen LogP contribution in [0.2, 0.25) is 0 Å².